The Morgan fingerprint density at radius 3 is 2.54 bits per heavy atom. The van der Waals surface area contributed by atoms with Gasteiger partial charge in [0, 0.05) is 22.7 Å². The van der Waals surface area contributed by atoms with E-state index in [-0.39, 0.29) is 24.3 Å². The monoisotopic (exact) mass is 440 g/mol. The van der Waals surface area contributed by atoms with Crippen LogP contribution in [-0.4, -0.2) is 37.0 Å². The molecular weight excluding hydrogens is 424 g/mol. The van der Waals surface area contributed by atoms with Crippen LogP contribution in [0.4, 0.5) is 0 Å². The molecule has 1 aliphatic rings. The van der Waals surface area contributed by atoms with Gasteiger partial charge in [0.05, 0.1) is 13.2 Å². The Balaban J connectivity index is 1.99. The van der Waals surface area contributed by atoms with Gasteiger partial charge in [-0.05, 0) is 42.8 Å². The van der Waals surface area contributed by atoms with E-state index in [1.807, 2.05) is 30.3 Å². The van der Waals surface area contributed by atoms with E-state index >= 15 is 0 Å². The van der Waals surface area contributed by atoms with Crippen molar-refractivity contribution in [2.24, 2.45) is 0 Å². The fraction of sp³-hybridized carbons (Fsp3) is 0.190. The largest absolute Gasteiger partial charge is 0.457 e. The SMILES string of the molecule is COCCN1C(=O)C(C#N)=C(C)/C(=C\c2ccc(-c3ccc(Br)cc3)o2)C1=O. The number of hydrogen-bond acceptors (Lipinski definition) is 5. The van der Waals surface area contributed by atoms with Crippen LogP contribution in [0.25, 0.3) is 17.4 Å². The quantitative estimate of drug-likeness (QED) is 0.519. The summed E-state index contributed by atoms with van der Waals surface area (Å²) in [6.07, 6.45) is 1.56. The normalized spacial score (nSPS) is 16.1. The van der Waals surface area contributed by atoms with E-state index in [0.29, 0.717) is 17.1 Å². The van der Waals surface area contributed by atoms with Crippen molar-refractivity contribution in [2.45, 2.75) is 6.92 Å². The average molecular weight is 441 g/mol. The minimum atomic E-state index is -0.603. The van der Waals surface area contributed by atoms with Crippen LogP contribution in [0, 0.1) is 11.3 Å². The average Bonchev–Trinajstić information content (AvgIpc) is 3.15. The molecule has 6 nitrogen and oxygen atoms in total. The predicted molar refractivity (Wildman–Crippen MR) is 107 cm³/mol. The molecule has 0 N–H and O–H groups in total. The van der Waals surface area contributed by atoms with E-state index in [4.69, 9.17) is 9.15 Å². The highest BCUT2D eigenvalue weighted by atomic mass is 79.9. The van der Waals surface area contributed by atoms with Gasteiger partial charge < -0.3 is 9.15 Å². The van der Waals surface area contributed by atoms with Crippen LogP contribution in [-0.2, 0) is 14.3 Å². The van der Waals surface area contributed by atoms with Crippen LogP contribution >= 0.6 is 15.9 Å². The summed E-state index contributed by atoms with van der Waals surface area (Å²) in [6.45, 7) is 1.86. The molecule has 2 heterocycles. The van der Waals surface area contributed by atoms with Crippen LogP contribution in [0.15, 0.2) is 62.0 Å². The van der Waals surface area contributed by atoms with Gasteiger partial charge in [-0.3, -0.25) is 14.5 Å². The second-order valence-corrected chi connectivity index (χ2v) is 7.05. The Hall–Kier alpha value is -2.95. The molecule has 0 radical (unpaired) electrons. The number of amides is 2. The van der Waals surface area contributed by atoms with Crippen LogP contribution in [0.1, 0.15) is 12.7 Å². The van der Waals surface area contributed by atoms with E-state index in [1.165, 1.54) is 7.11 Å². The molecule has 28 heavy (non-hydrogen) atoms. The maximum absolute atomic E-state index is 12.8. The van der Waals surface area contributed by atoms with Gasteiger partial charge in [0.25, 0.3) is 11.8 Å². The van der Waals surface area contributed by atoms with Crippen molar-refractivity contribution in [1.82, 2.24) is 4.90 Å². The molecular formula is C21H17BrN2O4. The van der Waals surface area contributed by atoms with E-state index in [0.717, 1.165) is 14.9 Å². The van der Waals surface area contributed by atoms with Gasteiger partial charge in [0.1, 0.15) is 23.2 Å². The molecule has 0 saturated carbocycles. The molecule has 0 spiro atoms. The molecule has 0 saturated heterocycles. The first kappa shape index (κ1) is 19.8. The molecule has 0 unspecified atom stereocenters. The Morgan fingerprint density at radius 2 is 1.89 bits per heavy atom. The number of ether oxygens (including phenoxy) is 1. The summed E-state index contributed by atoms with van der Waals surface area (Å²) < 4.78 is 11.8. The molecule has 1 aromatic heterocycles. The lowest BCUT2D eigenvalue weighted by atomic mass is 9.95. The summed E-state index contributed by atoms with van der Waals surface area (Å²) in [7, 11) is 1.48. The first-order chi connectivity index (χ1) is 13.5. The van der Waals surface area contributed by atoms with Gasteiger partial charge in [-0.2, -0.15) is 5.26 Å². The number of imide groups is 1. The summed E-state index contributed by atoms with van der Waals surface area (Å²) in [5.74, 6) is 0.0327. The standard InChI is InChI=1S/C21H17BrN2O4/c1-13-17(20(25)24(9-10-27-2)21(26)18(13)12-23)11-16-7-8-19(28-16)14-3-5-15(22)6-4-14/h3-8,11H,9-10H2,1-2H3/b17-11+. The molecule has 7 heteroatoms. The highest BCUT2D eigenvalue weighted by Gasteiger charge is 2.35. The number of hydrogen-bond donors (Lipinski definition) is 0. The summed E-state index contributed by atoms with van der Waals surface area (Å²) in [4.78, 5) is 26.3. The van der Waals surface area contributed by atoms with Gasteiger partial charge >= 0.3 is 0 Å². The van der Waals surface area contributed by atoms with Gasteiger partial charge in [0.15, 0.2) is 0 Å². The Morgan fingerprint density at radius 1 is 1.18 bits per heavy atom. The minimum Gasteiger partial charge on any atom is -0.457 e. The molecule has 0 fully saturated rings. The Bertz CT molecular complexity index is 1030. The third-order valence-electron chi connectivity index (χ3n) is 4.39. The first-order valence-corrected chi connectivity index (χ1v) is 9.29. The number of carbonyl (C=O) groups excluding carboxylic acids is 2. The van der Waals surface area contributed by atoms with Crippen molar-refractivity contribution in [3.05, 3.63) is 63.4 Å². The number of carbonyl (C=O) groups is 2. The number of methoxy groups -OCH3 is 1. The van der Waals surface area contributed by atoms with Gasteiger partial charge in [-0.15, -0.1) is 0 Å². The topological polar surface area (TPSA) is 83.5 Å². The van der Waals surface area contributed by atoms with Crippen LogP contribution in [0.3, 0.4) is 0 Å². The zero-order valence-corrected chi connectivity index (χ0v) is 16.9. The molecule has 1 aromatic carbocycles. The lowest BCUT2D eigenvalue weighted by Crippen LogP contribution is -2.44. The summed E-state index contributed by atoms with van der Waals surface area (Å²) in [5.41, 5.74) is 1.43. The van der Waals surface area contributed by atoms with Crippen molar-refractivity contribution >= 4 is 33.8 Å². The molecule has 0 bridgehead atoms. The van der Waals surface area contributed by atoms with Gasteiger partial charge in [-0.1, -0.05) is 28.1 Å². The minimum absolute atomic E-state index is 0.0540. The highest BCUT2D eigenvalue weighted by molar-refractivity contribution is 9.10. The number of furan rings is 1. The number of benzene rings is 1. The summed E-state index contributed by atoms with van der Waals surface area (Å²) in [5, 5.41) is 9.37. The summed E-state index contributed by atoms with van der Waals surface area (Å²) in [6, 6.07) is 13.1. The second-order valence-electron chi connectivity index (χ2n) is 6.13. The van der Waals surface area contributed by atoms with Gasteiger partial charge in [0.2, 0.25) is 0 Å². The highest BCUT2D eigenvalue weighted by Crippen LogP contribution is 2.29. The zero-order chi connectivity index (χ0) is 20.3. The van der Waals surface area contributed by atoms with Crippen molar-refractivity contribution in [3.8, 4) is 17.4 Å². The van der Waals surface area contributed by atoms with Crippen LogP contribution in [0.2, 0.25) is 0 Å². The van der Waals surface area contributed by atoms with E-state index in [9.17, 15) is 14.9 Å². The molecule has 2 amide bonds. The fourth-order valence-electron chi connectivity index (χ4n) is 2.86. The maximum Gasteiger partial charge on any atom is 0.271 e. The van der Waals surface area contributed by atoms with E-state index < -0.39 is 11.8 Å². The Kier molecular flexibility index (Phi) is 5.93. The van der Waals surface area contributed by atoms with Gasteiger partial charge in [-0.25, -0.2) is 0 Å². The molecule has 1 aliphatic heterocycles. The van der Waals surface area contributed by atoms with Crippen molar-refractivity contribution in [3.63, 3.8) is 0 Å². The van der Waals surface area contributed by atoms with E-state index in [1.54, 1.807) is 25.1 Å². The van der Waals surface area contributed by atoms with E-state index in [2.05, 4.69) is 15.9 Å². The lowest BCUT2D eigenvalue weighted by Gasteiger charge is -2.26. The molecule has 3 rings (SSSR count). The van der Waals surface area contributed by atoms with Crippen LogP contribution in [0.5, 0.6) is 0 Å². The number of rotatable bonds is 5. The third kappa shape index (κ3) is 3.84. The zero-order valence-electron chi connectivity index (χ0n) is 15.4. The molecule has 142 valence electrons. The fourth-order valence-corrected chi connectivity index (χ4v) is 3.12. The van der Waals surface area contributed by atoms with Crippen LogP contribution < -0.4 is 0 Å². The number of nitrogens with zero attached hydrogens (tertiary/aromatic N) is 2. The molecule has 2 aromatic rings. The second kappa shape index (κ2) is 8.38. The maximum atomic E-state index is 12.8. The smallest absolute Gasteiger partial charge is 0.271 e. The van der Waals surface area contributed by atoms with Crippen molar-refractivity contribution in [2.75, 3.05) is 20.3 Å². The van der Waals surface area contributed by atoms with Crippen molar-refractivity contribution in [1.29, 1.82) is 5.26 Å². The lowest BCUT2D eigenvalue weighted by molar-refractivity contribution is -0.141. The number of halogens is 1. The molecule has 0 atom stereocenters. The molecule has 0 aliphatic carbocycles. The number of nitriles is 1. The first-order valence-electron chi connectivity index (χ1n) is 8.50. The predicted octanol–water partition coefficient (Wildman–Crippen LogP) is 3.95. The third-order valence-corrected chi connectivity index (χ3v) is 4.92. The Labute approximate surface area is 170 Å². The summed E-state index contributed by atoms with van der Waals surface area (Å²) >= 11 is 3.39. The van der Waals surface area contributed by atoms with Crippen molar-refractivity contribution < 1.29 is 18.7 Å².